The standard InChI is InChI=1S/C17H14ClF3N2O3/c1-10(26-14-7-5-11(18)6-8-14)15(24)22-12-3-2-4-13(9-12)23-16(25)17(19,20)21/h2-10H,1H3,(H,22,24)(H,23,25). The van der Waals surface area contributed by atoms with Gasteiger partial charge in [-0.15, -0.1) is 0 Å². The van der Waals surface area contributed by atoms with E-state index in [-0.39, 0.29) is 11.4 Å². The van der Waals surface area contributed by atoms with Gasteiger partial charge in [-0.1, -0.05) is 17.7 Å². The number of hydrogen-bond acceptors (Lipinski definition) is 3. The van der Waals surface area contributed by atoms with Crippen molar-refractivity contribution in [2.45, 2.75) is 19.2 Å². The third-order valence-corrected chi connectivity index (χ3v) is 3.39. The van der Waals surface area contributed by atoms with Gasteiger partial charge in [0, 0.05) is 16.4 Å². The highest BCUT2D eigenvalue weighted by molar-refractivity contribution is 6.30. The van der Waals surface area contributed by atoms with E-state index in [2.05, 4.69) is 5.32 Å². The first kappa shape index (κ1) is 19.6. The van der Waals surface area contributed by atoms with Gasteiger partial charge in [-0.05, 0) is 49.4 Å². The van der Waals surface area contributed by atoms with E-state index < -0.39 is 24.1 Å². The third-order valence-electron chi connectivity index (χ3n) is 3.14. The second-order valence-electron chi connectivity index (χ2n) is 5.24. The molecule has 2 rings (SSSR count). The number of anilines is 2. The van der Waals surface area contributed by atoms with Crippen molar-refractivity contribution in [3.8, 4) is 5.75 Å². The molecule has 0 aliphatic carbocycles. The molecule has 0 aliphatic heterocycles. The number of hydrogen-bond donors (Lipinski definition) is 2. The highest BCUT2D eigenvalue weighted by Gasteiger charge is 2.38. The lowest BCUT2D eigenvalue weighted by atomic mass is 10.2. The molecule has 2 aromatic carbocycles. The zero-order chi connectivity index (χ0) is 19.3. The molecule has 2 amide bonds. The maximum Gasteiger partial charge on any atom is 0.471 e. The summed E-state index contributed by atoms with van der Waals surface area (Å²) >= 11 is 5.76. The van der Waals surface area contributed by atoms with E-state index in [0.29, 0.717) is 10.8 Å². The van der Waals surface area contributed by atoms with Crippen molar-refractivity contribution in [3.05, 3.63) is 53.6 Å². The van der Waals surface area contributed by atoms with E-state index in [1.165, 1.54) is 31.2 Å². The van der Waals surface area contributed by atoms with Crippen LogP contribution in [0.1, 0.15) is 6.92 Å². The van der Waals surface area contributed by atoms with Crippen LogP contribution in [0.15, 0.2) is 48.5 Å². The van der Waals surface area contributed by atoms with Crippen LogP contribution >= 0.6 is 11.6 Å². The van der Waals surface area contributed by atoms with Gasteiger partial charge in [-0.2, -0.15) is 13.2 Å². The number of carbonyl (C=O) groups is 2. The smallest absolute Gasteiger partial charge is 0.471 e. The third kappa shape index (κ3) is 5.66. The highest BCUT2D eigenvalue weighted by Crippen LogP contribution is 2.21. The van der Waals surface area contributed by atoms with Crippen LogP contribution in [-0.2, 0) is 9.59 Å². The fourth-order valence-electron chi connectivity index (χ4n) is 1.89. The van der Waals surface area contributed by atoms with Crippen molar-refractivity contribution in [1.29, 1.82) is 0 Å². The number of halogens is 4. The summed E-state index contributed by atoms with van der Waals surface area (Å²) < 4.78 is 42.3. The Morgan fingerprint density at radius 3 is 2.19 bits per heavy atom. The van der Waals surface area contributed by atoms with Gasteiger partial charge in [-0.3, -0.25) is 9.59 Å². The maximum absolute atomic E-state index is 12.3. The number of nitrogens with one attached hydrogen (secondary N) is 2. The van der Waals surface area contributed by atoms with Crippen molar-refractivity contribution >= 4 is 34.8 Å². The Kier molecular flexibility index (Phi) is 6.10. The quantitative estimate of drug-likeness (QED) is 0.807. The van der Waals surface area contributed by atoms with Crippen LogP contribution in [0.2, 0.25) is 5.02 Å². The minimum atomic E-state index is -5.00. The Labute approximate surface area is 152 Å². The van der Waals surface area contributed by atoms with Crippen LogP contribution in [0.3, 0.4) is 0 Å². The lowest BCUT2D eigenvalue weighted by Crippen LogP contribution is -2.31. The van der Waals surface area contributed by atoms with Crippen LogP contribution in [0.5, 0.6) is 5.75 Å². The lowest BCUT2D eigenvalue weighted by molar-refractivity contribution is -0.167. The van der Waals surface area contributed by atoms with Gasteiger partial charge in [0.25, 0.3) is 5.91 Å². The van der Waals surface area contributed by atoms with Crippen molar-refractivity contribution in [2.75, 3.05) is 10.6 Å². The van der Waals surface area contributed by atoms with Gasteiger partial charge >= 0.3 is 12.1 Å². The van der Waals surface area contributed by atoms with E-state index in [1.807, 2.05) is 0 Å². The summed E-state index contributed by atoms with van der Waals surface area (Å²) in [5, 5.41) is 4.73. The molecule has 5 nitrogen and oxygen atoms in total. The van der Waals surface area contributed by atoms with Gasteiger partial charge in [-0.25, -0.2) is 0 Å². The first-order chi connectivity index (χ1) is 12.1. The predicted octanol–water partition coefficient (Wildman–Crippen LogP) is 4.25. The van der Waals surface area contributed by atoms with Gasteiger partial charge in [0.1, 0.15) is 5.75 Å². The maximum atomic E-state index is 12.3. The monoisotopic (exact) mass is 386 g/mol. The molecule has 0 aromatic heterocycles. The van der Waals surface area contributed by atoms with Gasteiger partial charge in [0.15, 0.2) is 6.10 Å². The van der Waals surface area contributed by atoms with Crippen LogP contribution in [0.25, 0.3) is 0 Å². The Morgan fingerprint density at radius 2 is 1.62 bits per heavy atom. The second kappa shape index (κ2) is 8.09. The molecule has 9 heteroatoms. The normalized spacial score (nSPS) is 12.2. The summed E-state index contributed by atoms with van der Waals surface area (Å²) in [6.45, 7) is 1.51. The Morgan fingerprint density at radius 1 is 1.04 bits per heavy atom. The average Bonchev–Trinajstić information content (AvgIpc) is 2.56. The predicted molar refractivity (Wildman–Crippen MR) is 91.3 cm³/mol. The van der Waals surface area contributed by atoms with E-state index in [4.69, 9.17) is 16.3 Å². The molecule has 0 radical (unpaired) electrons. The number of ether oxygens (including phenoxy) is 1. The molecule has 0 bridgehead atoms. The summed E-state index contributed by atoms with van der Waals surface area (Å²) in [4.78, 5) is 23.1. The van der Waals surface area contributed by atoms with Gasteiger partial charge in [0.05, 0.1) is 0 Å². The molecular weight excluding hydrogens is 373 g/mol. The Hall–Kier alpha value is -2.74. The SMILES string of the molecule is CC(Oc1ccc(Cl)cc1)C(=O)Nc1cccc(NC(=O)C(F)(F)F)c1. The van der Waals surface area contributed by atoms with E-state index in [0.717, 1.165) is 0 Å². The fraction of sp³-hybridized carbons (Fsp3) is 0.176. The van der Waals surface area contributed by atoms with Crippen LogP contribution < -0.4 is 15.4 Å². The molecule has 0 fully saturated rings. The summed E-state index contributed by atoms with van der Waals surface area (Å²) in [6.07, 6.45) is -5.87. The molecule has 0 aliphatic rings. The molecule has 2 aromatic rings. The van der Waals surface area contributed by atoms with Crippen LogP contribution in [-0.4, -0.2) is 24.1 Å². The van der Waals surface area contributed by atoms with Gasteiger partial charge in [0.2, 0.25) is 0 Å². The summed E-state index contributed by atoms with van der Waals surface area (Å²) in [5.41, 5.74) is 0.109. The van der Waals surface area contributed by atoms with Crippen molar-refractivity contribution in [1.82, 2.24) is 0 Å². The van der Waals surface area contributed by atoms with E-state index in [9.17, 15) is 22.8 Å². The lowest BCUT2D eigenvalue weighted by Gasteiger charge is -2.15. The molecule has 1 atom stereocenters. The summed E-state index contributed by atoms with van der Waals surface area (Å²) in [5.74, 6) is -2.18. The Bertz CT molecular complexity index is 795. The molecular formula is C17H14ClF3N2O3. The fourth-order valence-corrected chi connectivity index (χ4v) is 2.02. The summed E-state index contributed by atoms with van der Waals surface area (Å²) in [6, 6.07) is 11.7. The zero-order valence-electron chi connectivity index (χ0n) is 13.4. The second-order valence-corrected chi connectivity index (χ2v) is 5.67. The topological polar surface area (TPSA) is 67.4 Å². The molecule has 2 N–H and O–H groups in total. The van der Waals surface area contributed by atoms with Crippen LogP contribution in [0, 0.1) is 0 Å². The highest BCUT2D eigenvalue weighted by atomic mass is 35.5. The van der Waals surface area contributed by atoms with Crippen molar-refractivity contribution < 1.29 is 27.5 Å². The summed E-state index contributed by atoms with van der Waals surface area (Å²) in [7, 11) is 0. The Balaban J connectivity index is 1.99. The van der Waals surface area contributed by atoms with E-state index in [1.54, 1.807) is 29.6 Å². The minimum absolute atomic E-state index is 0.101. The minimum Gasteiger partial charge on any atom is -0.481 e. The zero-order valence-corrected chi connectivity index (χ0v) is 14.2. The molecule has 0 heterocycles. The van der Waals surface area contributed by atoms with Crippen molar-refractivity contribution in [3.63, 3.8) is 0 Å². The molecule has 0 spiro atoms. The first-order valence-corrected chi connectivity index (χ1v) is 7.74. The number of carbonyl (C=O) groups excluding carboxylic acids is 2. The molecule has 26 heavy (non-hydrogen) atoms. The number of rotatable bonds is 5. The first-order valence-electron chi connectivity index (χ1n) is 7.36. The van der Waals surface area contributed by atoms with E-state index >= 15 is 0 Å². The number of amides is 2. The van der Waals surface area contributed by atoms with Crippen molar-refractivity contribution in [2.24, 2.45) is 0 Å². The number of benzene rings is 2. The molecule has 138 valence electrons. The molecule has 0 saturated heterocycles. The largest absolute Gasteiger partial charge is 0.481 e. The van der Waals surface area contributed by atoms with Crippen LogP contribution in [0.4, 0.5) is 24.5 Å². The molecule has 0 saturated carbocycles. The number of alkyl halides is 3. The molecule has 1 unspecified atom stereocenters. The van der Waals surface area contributed by atoms with Gasteiger partial charge < -0.3 is 15.4 Å². The average molecular weight is 387 g/mol.